The van der Waals surface area contributed by atoms with E-state index >= 15 is 0 Å². The lowest BCUT2D eigenvalue weighted by atomic mass is 10.0. The van der Waals surface area contributed by atoms with E-state index in [2.05, 4.69) is 20.4 Å². The third kappa shape index (κ3) is 3.07. The van der Waals surface area contributed by atoms with E-state index in [1.165, 1.54) is 6.07 Å². The summed E-state index contributed by atoms with van der Waals surface area (Å²) in [6, 6.07) is 6.93. The second-order valence-electron chi connectivity index (χ2n) is 6.89. The monoisotopic (exact) mass is 359 g/mol. The standard InChI is InChI=1S/C18H19F2N5O/c1-11-5-6-16(23-22-11)24-7-12-9-25(10-13(12)8-24)18(26)21-17-14(19)3-2-4-15(17)20/h2-6,12-13H,7-10H2,1H3,(H,21,26). The molecule has 8 heteroatoms. The summed E-state index contributed by atoms with van der Waals surface area (Å²) in [5.41, 5.74) is 0.475. The van der Waals surface area contributed by atoms with Crippen molar-refractivity contribution in [2.45, 2.75) is 6.92 Å². The molecule has 1 aromatic carbocycles. The van der Waals surface area contributed by atoms with Crippen LogP contribution in [0.3, 0.4) is 0 Å². The number of hydrogen-bond donors (Lipinski definition) is 1. The molecule has 0 bridgehead atoms. The van der Waals surface area contributed by atoms with Gasteiger partial charge in [-0.25, -0.2) is 13.6 Å². The van der Waals surface area contributed by atoms with Crippen molar-refractivity contribution < 1.29 is 13.6 Å². The quantitative estimate of drug-likeness (QED) is 0.896. The number of hydrogen-bond acceptors (Lipinski definition) is 4. The Hall–Kier alpha value is -2.77. The van der Waals surface area contributed by atoms with E-state index in [0.29, 0.717) is 24.9 Å². The Morgan fingerprint density at radius 1 is 1.04 bits per heavy atom. The van der Waals surface area contributed by atoms with Gasteiger partial charge in [-0.3, -0.25) is 0 Å². The molecule has 2 fully saturated rings. The second-order valence-corrected chi connectivity index (χ2v) is 6.89. The van der Waals surface area contributed by atoms with Gasteiger partial charge in [0.1, 0.15) is 17.3 Å². The first-order valence-corrected chi connectivity index (χ1v) is 8.56. The Bertz CT molecular complexity index is 795. The molecule has 2 unspecified atom stereocenters. The van der Waals surface area contributed by atoms with Crippen molar-refractivity contribution in [2.24, 2.45) is 11.8 Å². The number of urea groups is 1. The van der Waals surface area contributed by atoms with Crippen LogP contribution in [0.5, 0.6) is 0 Å². The van der Waals surface area contributed by atoms with Gasteiger partial charge in [0.15, 0.2) is 5.82 Å². The molecule has 136 valence electrons. The maximum absolute atomic E-state index is 13.7. The zero-order chi connectivity index (χ0) is 18.3. The summed E-state index contributed by atoms with van der Waals surface area (Å²) in [7, 11) is 0. The Balaban J connectivity index is 1.38. The van der Waals surface area contributed by atoms with Crippen LogP contribution < -0.4 is 10.2 Å². The van der Waals surface area contributed by atoms with Gasteiger partial charge in [-0.15, -0.1) is 5.10 Å². The summed E-state index contributed by atoms with van der Waals surface area (Å²) >= 11 is 0. The van der Waals surface area contributed by atoms with Gasteiger partial charge in [0.2, 0.25) is 0 Å². The van der Waals surface area contributed by atoms with Gasteiger partial charge in [0, 0.05) is 38.0 Å². The molecule has 1 aromatic heterocycles. The van der Waals surface area contributed by atoms with Crippen molar-refractivity contribution in [3.05, 3.63) is 47.7 Å². The van der Waals surface area contributed by atoms with E-state index in [1.807, 2.05) is 19.1 Å². The zero-order valence-corrected chi connectivity index (χ0v) is 14.3. The molecule has 2 atom stereocenters. The first-order valence-electron chi connectivity index (χ1n) is 8.56. The van der Waals surface area contributed by atoms with Crippen molar-refractivity contribution in [1.82, 2.24) is 15.1 Å². The highest BCUT2D eigenvalue weighted by Gasteiger charge is 2.42. The second kappa shape index (κ2) is 6.51. The lowest BCUT2D eigenvalue weighted by molar-refractivity contribution is 0.219. The van der Waals surface area contributed by atoms with E-state index in [4.69, 9.17) is 0 Å². The van der Waals surface area contributed by atoms with Crippen molar-refractivity contribution in [1.29, 1.82) is 0 Å². The highest BCUT2D eigenvalue weighted by atomic mass is 19.1. The Morgan fingerprint density at radius 3 is 2.27 bits per heavy atom. The first-order chi connectivity index (χ1) is 12.5. The molecule has 26 heavy (non-hydrogen) atoms. The Labute approximate surface area is 149 Å². The molecule has 0 spiro atoms. The number of benzene rings is 1. The van der Waals surface area contributed by atoms with Crippen LogP contribution in [0, 0.1) is 30.4 Å². The van der Waals surface area contributed by atoms with Crippen molar-refractivity contribution in [3.8, 4) is 0 Å². The summed E-state index contributed by atoms with van der Waals surface area (Å²) in [6.45, 7) is 4.59. The molecule has 2 aliphatic rings. The fraction of sp³-hybridized carbons (Fsp3) is 0.389. The van der Waals surface area contributed by atoms with Crippen LogP contribution >= 0.6 is 0 Å². The lowest BCUT2D eigenvalue weighted by Gasteiger charge is -2.22. The van der Waals surface area contributed by atoms with Gasteiger partial charge < -0.3 is 15.1 Å². The first kappa shape index (κ1) is 16.7. The maximum Gasteiger partial charge on any atom is 0.322 e. The van der Waals surface area contributed by atoms with Crippen LogP contribution in [-0.4, -0.2) is 47.3 Å². The summed E-state index contributed by atoms with van der Waals surface area (Å²) in [6.07, 6.45) is 0. The fourth-order valence-corrected chi connectivity index (χ4v) is 3.71. The number of carbonyl (C=O) groups is 1. The maximum atomic E-state index is 13.7. The average molecular weight is 359 g/mol. The average Bonchev–Trinajstić information content (AvgIpc) is 3.18. The topological polar surface area (TPSA) is 61.4 Å². The molecule has 0 aliphatic carbocycles. The molecule has 6 nitrogen and oxygen atoms in total. The molecule has 3 heterocycles. The number of carbonyl (C=O) groups excluding carboxylic acids is 1. The molecule has 1 N–H and O–H groups in total. The van der Waals surface area contributed by atoms with E-state index in [-0.39, 0.29) is 0 Å². The molecule has 2 aliphatic heterocycles. The number of amides is 2. The smallest absolute Gasteiger partial charge is 0.322 e. The summed E-state index contributed by atoms with van der Waals surface area (Å²) < 4.78 is 27.4. The number of aromatic nitrogens is 2. The normalized spacial score (nSPS) is 21.8. The van der Waals surface area contributed by atoms with Gasteiger partial charge in [-0.05, 0) is 31.2 Å². The summed E-state index contributed by atoms with van der Waals surface area (Å²) in [4.78, 5) is 16.2. The molecule has 2 amide bonds. The van der Waals surface area contributed by atoms with Crippen molar-refractivity contribution in [3.63, 3.8) is 0 Å². The summed E-state index contributed by atoms with van der Waals surface area (Å²) in [5.74, 6) is -0.0817. The molecule has 4 rings (SSSR count). The van der Waals surface area contributed by atoms with E-state index < -0.39 is 23.4 Å². The highest BCUT2D eigenvalue weighted by Crippen LogP contribution is 2.33. The zero-order valence-electron chi connectivity index (χ0n) is 14.3. The number of nitrogens with zero attached hydrogens (tertiary/aromatic N) is 4. The van der Waals surface area contributed by atoms with E-state index in [1.54, 1.807) is 4.90 Å². The Morgan fingerprint density at radius 2 is 1.69 bits per heavy atom. The van der Waals surface area contributed by atoms with Crippen LogP contribution in [-0.2, 0) is 0 Å². The third-order valence-corrected chi connectivity index (χ3v) is 5.08. The number of aryl methyl sites for hydroxylation is 1. The number of likely N-dealkylation sites (tertiary alicyclic amines) is 1. The minimum atomic E-state index is -0.776. The van der Waals surface area contributed by atoms with Crippen LogP contribution in [0.2, 0.25) is 0 Å². The van der Waals surface area contributed by atoms with Gasteiger partial charge in [-0.2, -0.15) is 5.10 Å². The number of halogens is 2. The number of anilines is 2. The number of fused-ring (bicyclic) bond motifs is 1. The van der Waals surface area contributed by atoms with E-state index in [0.717, 1.165) is 36.7 Å². The molecular weight excluding hydrogens is 340 g/mol. The molecular formula is C18H19F2N5O. The SMILES string of the molecule is Cc1ccc(N2CC3CN(C(=O)Nc4c(F)cccc4F)CC3C2)nn1. The highest BCUT2D eigenvalue weighted by molar-refractivity contribution is 5.89. The largest absolute Gasteiger partial charge is 0.354 e. The molecule has 0 saturated carbocycles. The number of para-hydroxylation sites is 1. The van der Waals surface area contributed by atoms with Gasteiger partial charge in [0.05, 0.1) is 5.69 Å². The van der Waals surface area contributed by atoms with Crippen LogP contribution in [0.4, 0.5) is 25.1 Å². The molecule has 2 aromatic rings. The fourth-order valence-electron chi connectivity index (χ4n) is 3.71. The minimum Gasteiger partial charge on any atom is -0.354 e. The number of nitrogens with one attached hydrogen (secondary N) is 1. The molecule has 2 saturated heterocycles. The van der Waals surface area contributed by atoms with Crippen LogP contribution in [0.25, 0.3) is 0 Å². The minimum absolute atomic E-state index is 0.314. The van der Waals surface area contributed by atoms with Gasteiger partial charge in [-0.1, -0.05) is 6.07 Å². The predicted molar refractivity (Wildman–Crippen MR) is 92.9 cm³/mol. The third-order valence-electron chi connectivity index (χ3n) is 5.08. The van der Waals surface area contributed by atoms with Gasteiger partial charge >= 0.3 is 6.03 Å². The van der Waals surface area contributed by atoms with Crippen molar-refractivity contribution in [2.75, 3.05) is 36.4 Å². The summed E-state index contributed by atoms with van der Waals surface area (Å²) in [5, 5.41) is 10.7. The van der Waals surface area contributed by atoms with Crippen LogP contribution in [0.1, 0.15) is 5.69 Å². The lowest BCUT2D eigenvalue weighted by Crippen LogP contribution is -2.36. The predicted octanol–water partition coefficient (Wildman–Crippen LogP) is 2.66. The Kier molecular flexibility index (Phi) is 4.18. The van der Waals surface area contributed by atoms with Crippen LogP contribution in [0.15, 0.2) is 30.3 Å². The van der Waals surface area contributed by atoms with Crippen molar-refractivity contribution >= 4 is 17.5 Å². The van der Waals surface area contributed by atoms with E-state index in [9.17, 15) is 13.6 Å². The molecule has 0 radical (unpaired) electrons. The van der Waals surface area contributed by atoms with Gasteiger partial charge in [0.25, 0.3) is 0 Å². The number of rotatable bonds is 2.